The third-order valence-corrected chi connectivity index (χ3v) is 6.57. The van der Waals surface area contributed by atoms with E-state index >= 15 is 0 Å². The molecule has 2 aromatic heterocycles. The Balaban J connectivity index is 1.31. The maximum atomic E-state index is 12.2. The Morgan fingerprint density at radius 3 is 2.58 bits per heavy atom. The van der Waals surface area contributed by atoms with Gasteiger partial charge in [0, 0.05) is 49.0 Å². The van der Waals surface area contributed by atoms with Crippen molar-refractivity contribution in [3.63, 3.8) is 0 Å². The highest BCUT2D eigenvalue weighted by Crippen LogP contribution is 2.45. The molecule has 2 aliphatic carbocycles. The molecule has 7 nitrogen and oxygen atoms in total. The van der Waals surface area contributed by atoms with Crippen LogP contribution in [-0.4, -0.2) is 56.2 Å². The molecule has 5 rings (SSSR count). The first-order valence-electron chi connectivity index (χ1n) is 11.5. The van der Waals surface area contributed by atoms with Crippen molar-refractivity contribution in [3.05, 3.63) is 35.8 Å². The molecule has 1 amide bonds. The normalized spacial score (nSPS) is 23.9. The fourth-order valence-electron chi connectivity index (χ4n) is 4.48. The number of carbonyl (C=O) groups is 1. The minimum atomic E-state index is -0.475. The fraction of sp³-hybridized carbons (Fsp3) is 0.625. The Morgan fingerprint density at radius 2 is 1.94 bits per heavy atom. The van der Waals surface area contributed by atoms with Gasteiger partial charge in [0.2, 0.25) is 0 Å². The molecule has 3 heterocycles. The molecule has 0 bridgehead atoms. The van der Waals surface area contributed by atoms with Crippen LogP contribution in [0.15, 0.2) is 24.4 Å². The molecule has 1 N–H and O–H groups in total. The molecule has 3 fully saturated rings. The van der Waals surface area contributed by atoms with Crippen molar-refractivity contribution in [1.29, 1.82) is 0 Å². The third-order valence-electron chi connectivity index (χ3n) is 6.57. The van der Waals surface area contributed by atoms with Crippen LogP contribution in [0.2, 0.25) is 0 Å². The van der Waals surface area contributed by atoms with E-state index in [4.69, 9.17) is 14.8 Å². The lowest BCUT2D eigenvalue weighted by Crippen LogP contribution is -2.50. The predicted octanol–water partition coefficient (Wildman–Crippen LogP) is 4.10. The maximum Gasteiger partial charge on any atom is 0.410 e. The Bertz CT molecular complexity index is 963. The van der Waals surface area contributed by atoms with Crippen molar-refractivity contribution in [1.82, 2.24) is 19.7 Å². The van der Waals surface area contributed by atoms with Crippen molar-refractivity contribution in [3.8, 4) is 11.3 Å². The van der Waals surface area contributed by atoms with Crippen molar-refractivity contribution in [2.24, 2.45) is 5.92 Å². The van der Waals surface area contributed by atoms with E-state index in [1.165, 1.54) is 18.5 Å². The zero-order valence-corrected chi connectivity index (χ0v) is 18.6. The number of carbonyl (C=O) groups excluding carboxylic acids is 1. The largest absolute Gasteiger partial charge is 0.444 e. The highest BCUT2D eigenvalue weighted by molar-refractivity contribution is 5.69. The first-order valence-corrected chi connectivity index (χ1v) is 11.5. The smallest absolute Gasteiger partial charge is 0.410 e. The van der Waals surface area contributed by atoms with Gasteiger partial charge in [-0.15, -0.1) is 0 Å². The average molecular weight is 425 g/mol. The third kappa shape index (κ3) is 4.20. The van der Waals surface area contributed by atoms with Crippen LogP contribution < -0.4 is 0 Å². The van der Waals surface area contributed by atoms with Gasteiger partial charge in [0.05, 0.1) is 17.4 Å². The zero-order chi connectivity index (χ0) is 21.8. The molecule has 0 spiro atoms. The van der Waals surface area contributed by atoms with E-state index in [1.54, 1.807) is 4.90 Å². The predicted molar refractivity (Wildman–Crippen MR) is 117 cm³/mol. The van der Waals surface area contributed by atoms with E-state index in [0.717, 1.165) is 29.8 Å². The minimum absolute atomic E-state index is 0.240. The summed E-state index contributed by atoms with van der Waals surface area (Å²) in [5.74, 6) is 1.20. The molecular weight excluding hydrogens is 392 g/mol. The van der Waals surface area contributed by atoms with E-state index in [0.29, 0.717) is 31.0 Å². The molecule has 0 unspecified atom stereocenters. The van der Waals surface area contributed by atoms with Gasteiger partial charge in [0.1, 0.15) is 5.60 Å². The summed E-state index contributed by atoms with van der Waals surface area (Å²) in [5, 5.41) is 14.3. The molecule has 2 saturated carbocycles. The van der Waals surface area contributed by atoms with Crippen LogP contribution in [0.25, 0.3) is 11.3 Å². The number of ether oxygens (including phenoxy) is 1. The van der Waals surface area contributed by atoms with E-state index < -0.39 is 5.60 Å². The molecule has 1 saturated heterocycles. The summed E-state index contributed by atoms with van der Waals surface area (Å²) in [4.78, 5) is 19.0. The van der Waals surface area contributed by atoms with Gasteiger partial charge in [0.15, 0.2) is 0 Å². The summed E-state index contributed by atoms with van der Waals surface area (Å²) in [7, 11) is 0. The highest BCUT2D eigenvalue weighted by Gasteiger charge is 2.37. The van der Waals surface area contributed by atoms with Crippen molar-refractivity contribution in [2.45, 2.75) is 69.9 Å². The molecule has 0 atom stereocenters. The van der Waals surface area contributed by atoms with E-state index in [1.807, 2.05) is 20.8 Å². The Labute approximate surface area is 183 Å². The van der Waals surface area contributed by atoms with Gasteiger partial charge in [-0.3, -0.25) is 9.67 Å². The summed E-state index contributed by atoms with van der Waals surface area (Å²) >= 11 is 0. The van der Waals surface area contributed by atoms with Crippen LogP contribution in [0.1, 0.15) is 75.7 Å². The maximum absolute atomic E-state index is 12.2. The van der Waals surface area contributed by atoms with Crippen LogP contribution in [0, 0.1) is 5.92 Å². The van der Waals surface area contributed by atoms with E-state index in [9.17, 15) is 9.90 Å². The summed E-state index contributed by atoms with van der Waals surface area (Å²) in [6, 6.07) is 6.57. The highest BCUT2D eigenvalue weighted by atomic mass is 16.6. The molecule has 7 heteroatoms. The number of aliphatic hydroxyl groups excluding tert-OH is 1. The standard InChI is InChI=1S/C24H32N4O3/c1-24(2,3)31-23(30)27-11-17(12-27)20-5-4-6-21(25-20)19-13-28(18-9-15(10-18)14-29)26-22(19)16-7-8-16/h4-6,13,15-18,29H,7-12,14H2,1-3H3. The number of nitrogens with zero attached hydrogens (tertiary/aromatic N) is 4. The van der Waals surface area contributed by atoms with E-state index in [2.05, 4.69) is 29.1 Å². The number of hydrogen-bond acceptors (Lipinski definition) is 5. The topological polar surface area (TPSA) is 80.5 Å². The first kappa shape index (κ1) is 20.5. The van der Waals surface area contributed by atoms with E-state index in [-0.39, 0.29) is 18.6 Å². The van der Waals surface area contributed by atoms with Crippen LogP contribution >= 0.6 is 0 Å². The van der Waals surface area contributed by atoms with Crippen molar-refractivity contribution in [2.75, 3.05) is 19.7 Å². The molecule has 1 aliphatic heterocycles. The van der Waals surface area contributed by atoms with Gasteiger partial charge in [0.25, 0.3) is 0 Å². The number of amides is 1. The van der Waals surface area contributed by atoms with Gasteiger partial charge in [-0.05, 0) is 64.5 Å². The summed E-state index contributed by atoms with van der Waals surface area (Å²) < 4.78 is 7.57. The molecule has 3 aliphatic rings. The van der Waals surface area contributed by atoms with Gasteiger partial charge >= 0.3 is 6.09 Å². The van der Waals surface area contributed by atoms with Crippen LogP contribution in [0.4, 0.5) is 4.79 Å². The summed E-state index contributed by atoms with van der Waals surface area (Å²) in [5.41, 5.74) is 3.83. The number of pyridine rings is 1. The molecule has 0 aromatic carbocycles. The summed E-state index contributed by atoms with van der Waals surface area (Å²) in [6.07, 6.45) is 6.29. The lowest BCUT2D eigenvalue weighted by Gasteiger charge is -2.39. The quantitative estimate of drug-likeness (QED) is 0.782. The van der Waals surface area contributed by atoms with Gasteiger partial charge in [-0.1, -0.05) is 6.07 Å². The fourth-order valence-corrected chi connectivity index (χ4v) is 4.48. The average Bonchev–Trinajstić information content (AvgIpc) is 3.38. The van der Waals surface area contributed by atoms with Crippen LogP contribution in [-0.2, 0) is 4.74 Å². The Hall–Kier alpha value is -2.41. The number of hydrogen-bond donors (Lipinski definition) is 1. The molecule has 2 aromatic rings. The number of likely N-dealkylation sites (tertiary alicyclic amines) is 1. The van der Waals surface area contributed by atoms with Gasteiger partial charge in [-0.25, -0.2) is 4.79 Å². The second-order valence-electron chi connectivity index (χ2n) is 10.4. The molecular formula is C24H32N4O3. The second-order valence-corrected chi connectivity index (χ2v) is 10.4. The lowest BCUT2D eigenvalue weighted by molar-refractivity contribution is 0.00788. The Morgan fingerprint density at radius 1 is 1.19 bits per heavy atom. The van der Waals surface area contributed by atoms with Crippen molar-refractivity contribution < 1.29 is 14.6 Å². The number of rotatable bonds is 5. The number of aliphatic hydroxyl groups is 1. The van der Waals surface area contributed by atoms with Crippen LogP contribution in [0.5, 0.6) is 0 Å². The SMILES string of the molecule is CC(C)(C)OC(=O)N1CC(c2cccc(-c3cn(C4CC(CO)C4)nc3C3CC3)n2)C1. The summed E-state index contributed by atoms with van der Waals surface area (Å²) in [6.45, 7) is 7.22. The molecule has 0 radical (unpaired) electrons. The van der Waals surface area contributed by atoms with Crippen LogP contribution in [0.3, 0.4) is 0 Å². The lowest BCUT2D eigenvalue weighted by atomic mass is 9.81. The Kier molecular flexibility index (Phi) is 5.04. The number of aromatic nitrogens is 3. The van der Waals surface area contributed by atoms with Gasteiger partial charge in [-0.2, -0.15) is 5.10 Å². The zero-order valence-electron chi connectivity index (χ0n) is 18.6. The van der Waals surface area contributed by atoms with Gasteiger partial charge < -0.3 is 14.7 Å². The monoisotopic (exact) mass is 424 g/mol. The molecule has 31 heavy (non-hydrogen) atoms. The minimum Gasteiger partial charge on any atom is -0.444 e. The first-order chi connectivity index (χ1) is 14.8. The van der Waals surface area contributed by atoms with Crippen molar-refractivity contribution >= 4 is 6.09 Å². The molecule has 166 valence electrons. The second kappa shape index (κ2) is 7.62.